The first kappa shape index (κ1) is 13.8. The van der Waals surface area contributed by atoms with E-state index in [1.807, 2.05) is 13.8 Å². The summed E-state index contributed by atoms with van der Waals surface area (Å²) < 4.78 is 5.24. The first-order chi connectivity index (χ1) is 8.01. The summed E-state index contributed by atoms with van der Waals surface area (Å²) in [5.74, 6) is -0.0986. The van der Waals surface area contributed by atoms with Gasteiger partial charge in [0.25, 0.3) is 0 Å². The Labute approximate surface area is 104 Å². The molecule has 1 aromatic rings. The number of hydrogen-bond acceptors (Lipinski definition) is 2. The van der Waals surface area contributed by atoms with Crippen LogP contribution < -0.4 is 0 Å². The summed E-state index contributed by atoms with van der Waals surface area (Å²) in [6.07, 6.45) is 2.13. The molecular formula is C15H22O2. The molecule has 2 heteroatoms. The lowest BCUT2D eigenvalue weighted by Gasteiger charge is -2.11. The number of esters is 1. The van der Waals surface area contributed by atoms with Crippen molar-refractivity contribution in [3.05, 3.63) is 34.9 Å². The van der Waals surface area contributed by atoms with Crippen molar-refractivity contribution in [2.45, 2.75) is 53.1 Å². The molecule has 94 valence electrons. The van der Waals surface area contributed by atoms with E-state index < -0.39 is 0 Å². The molecule has 0 aliphatic carbocycles. The van der Waals surface area contributed by atoms with Crippen molar-refractivity contribution in [3.63, 3.8) is 0 Å². The molecule has 0 fully saturated rings. The lowest BCUT2D eigenvalue weighted by atomic mass is 10.0. The highest BCUT2D eigenvalue weighted by Gasteiger charge is 2.08. The molecule has 0 aliphatic rings. The lowest BCUT2D eigenvalue weighted by Crippen LogP contribution is -2.14. The van der Waals surface area contributed by atoms with Gasteiger partial charge in [0, 0.05) is 6.42 Å². The Hall–Kier alpha value is -1.31. The fraction of sp³-hybridized carbons (Fsp3) is 0.533. The highest BCUT2D eigenvalue weighted by molar-refractivity contribution is 5.69. The van der Waals surface area contributed by atoms with Crippen LogP contribution >= 0.6 is 0 Å². The summed E-state index contributed by atoms with van der Waals surface area (Å²) in [6, 6.07) is 6.40. The van der Waals surface area contributed by atoms with Crippen LogP contribution in [0.4, 0.5) is 0 Å². The summed E-state index contributed by atoms with van der Waals surface area (Å²) in [7, 11) is 0. The van der Waals surface area contributed by atoms with Gasteiger partial charge in [-0.15, -0.1) is 0 Å². The fourth-order valence-electron chi connectivity index (χ4n) is 1.83. The highest BCUT2D eigenvalue weighted by atomic mass is 16.5. The van der Waals surface area contributed by atoms with Crippen LogP contribution in [0.1, 0.15) is 43.4 Å². The molecule has 0 amide bonds. The molecule has 0 spiro atoms. The summed E-state index contributed by atoms with van der Waals surface area (Å²) in [6.45, 7) is 8.10. The molecule has 0 radical (unpaired) electrons. The van der Waals surface area contributed by atoms with Crippen LogP contribution in [-0.4, -0.2) is 12.1 Å². The van der Waals surface area contributed by atoms with Crippen molar-refractivity contribution < 1.29 is 9.53 Å². The van der Waals surface area contributed by atoms with Gasteiger partial charge >= 0.3 is 5.97 Å². The molecule has 1 rings (SSSR count). The van der Waals surface area contributed by atoms with Crippen molar-refractivity contribution in [2.24, 2.45) is 0 Å². The van der Waals surface area contributed by atoms with E-state index in [0.717, 1.165) is 12.8 Å². The van der Waals surface area contributed by atoms with E-state index in [1.165, 1.54) is 16.7 Å². The minimum absolute atomic E-state index is 0.0294. The van der Waals surface area contributed by atoms with Crippen LogP contribution in [-0.2, 0) is 16.0 Å². The monoisotopic (exact) mass is 234 g/mol. The quantitative estimate of drug-likeness (QED) is 0.728. The molecule has 1 aromatic carbocycles. The Bertz CT molecular complexity index is 362. The number of carbonyl (C=O) groups is 1. The van der Waals surface area contributed by atoms with Crippen molar-refractivity contribution in [1.82, 2.24) is 0 Å². The number of rotatable bonds is 5. The summed E-state index contributed by atoms with van der Waals surface area (Å²) in [4.78, 5) is 11.5. The predicted octanol–water partition coefficient (Wildman–Crippen LogP) is 3.58. The van der Waals surface area contributed by atoms with Crippen LogP contribution in [0.15, 0.2) is 18.2 Å². The Balaban J connectivity index is 2.47. The minimum Gasteiger partial charge on any atom is -0.463 e. The molecule has 0 saturated carbocycles. The summed E-state index contributed by atoms with van der Waals surface area (Å²) in [5.41, 5.74) is 3.70. The molecule has 0 aromatic heterocycles. The third-order valence-electron chi connectivity index (χ3n) is 2.81. The average molecular weight is 234 g/mol. The molecule has 0 heterocycles. The standard InChI is InChI=1S/C15H22O2/c1-5-13(4)17-15(16)7-6-14-9-11(2)8-12(3)10-14/h8-10,13H,5-7H2,1-4H3. The minimum atomic E-state index is -0.0986. The maximum atomic E-state index is 11.5. The van der Waals surface area contributed by atoms with Gasteiger partial charge < -0.3 is 4.74 Å². The van der Waals surface area contributed by atoms with Crippen LogP contribution in [0.3, 0.4) is 0 Å². The molecule has 0 N–H and O–H groups in total. The maximum Gasteiger partial charge on any atom is 0.306 e. The number of ether oxygens (including phenoxy) is 1. The van der Waals surface area contributed by atoms with E-state index in [9.17, 15) is 4.79 Å². The number of hydrogen-bond donors (Lipinski definition) is 0. The SMILES string of the molecule is CCC(C)OC(=O)CCc1cc(C)cc(C)c1. The largest absolute Gasteiger partial charge is 0.463 e. The maximum absolute atomic E-state index is 11.5. The lowest BCUT2D eigenvalue weighted by molar-refractivity contribution is -0.148. The van der Waals surface area contributed by atoms with Crippen LogP contribution in [0.5, 0.6) is 0 Å². The van der Waals surface area contributed by atoms with Crippen LogP contribution in [0, 0.1) is 13.8 Å². The number of carbonyl (C=O) groups excluding carboxylic acids is 1. The van der Waals surface area contributed by atoms with E-state index in [0.29, 0.717) is 6.42 Å². The van der Waals surface area contributed by atoms with Gasteiger partial charge in [0.1, 0.15) is 0 Å². The van der Waals surface area contributed by atoms with Gasteiger partial charge in [0.15, 0.2) is 0 Å². The van der Waals surface area contributed by atoms with E-state index in [-0.39, 0.29) is 12.1 Å². The Morgan fingerprint density at radius 3 is 2.35 bits per heavy atom. The van der Waals surface area contributed by atoms with Crippen molar-refractivity contribution in [3.8, 4) is 0 Å². The third kappa shape index (κ3) is 5.03. The Kier molecular flexibility index (Phi) is 5.20. The van der Waals surface area contributed by atoms with Gasteiger partial charge in [-0.25, -0.2) is 0 Å². The fourth-order valence-corrected chi connectivity index (χ4v) is 1.83. The second-order valence-corrected chi connectivity index (χ2v) is 4.70. The average Bonchev–Trinajstić information content (AvgIpc) is 2.25. The molecule has 0 aliphatic heterocycles. The van der Waals surface area contributed by atoms with E-state index in [1.54, 1.807) is 0 Å². The molecule has 0 saturated heterocycles. The van der Waals surface area contributed by atoms with E-state index in [2.05, 4.69) is 32.0 Å². The zero-order valence-electron chi connectivity index (χ0n) is 11.2. The molecular weight excluding hydrogens is 212 g/mol. The van der Waals surface area contributed by atoms with Crippen molar-refractivity contribution in [2.75, 3.05) is 0 Å². The van der Waals surface area contributed by atoms with Gasteiger partial charge in [0.05, 0.1) is 6.10 Å². The third-order valence-corrected chi connectivity index (χ3v) is 2.81. The molecule has 2 nitrogen and oxygen atoms in total. The highest BCUT2D eigenvalue weighted by Crippen LogP contribution is 2.11. The Morgan fingerprint density at radius 1 is 1.24 bits per heavy atom. The predicted molar refractivity (Wildman–Crippen MR) is 70.1 cm³/mol. The van der Waals surface area contributed by atoms with Crippen LogP contribution in [0.25, 0.3) is 0 Å². The van der Waals surface area contributed by atoms with E-state index in [4.69, 9.17) is 4.74 Å². The molecule has 17 heavy (non-hydrogen) atoms. The molecule has 1 unspecified atom stereocenters. The first-order valence-corrected chi connectivity index (χ1v) is 6.28. The molecule has 0 bridgehead atoms. The van der Waals surface area contributed by atoms with Crippen LogP contribution in [0.2, 0.25) is 0 Å². The van der Waals surface area contributed by atoms with Gasteiger partial charge in [-0.05, 0) is 39.2 Å². The second-order valence-electron chi connectivity index (χ2n) is 4.70. The number of benzene rings is 1. The topological polar surface area (TPSA) is 26.3 Å². The van der Waals surface area contributed by atoms with Crippen molar-refractivity contribution in [1.29, 1.82) is 0 Å². The van der Waals surface area contributed by atoms with Crippen molar-refractivity contribution >= 4 is 5.97 Å². The van der Waals surface area contributed by atoms with Gasteiger partial charge in [-0.3, -0.25) is 4.79 Å². The van der Waals surface area contributed by atoms with Gasteiger partial charge in [0.2, 0.25) is 0 Å². The Morgan fingerprint density at radius 2 is 1.82 bits per heavy atom. The first-order valence-electron chi connectivity index (χ1n) is 6.28. The van der Waals surface area contributed by atoms with Gasteiger partial charge in [-0.1, -0.05) is 36.2 Å². The summed E-state index contributed by atoms with van der Waals surface area (Å²) in [5, 5.41) is 0. The second kappa shape index (κ2) is 6.43. The van der Waals surface area contributed by atoms with E-state index >= 15 is 0 Å². The molecule has 1 atom stereocenters. The smallest absolute Gasteiger partial charge is 0.306 e. The summed E-state index contributed by atoms with van der Waals surface area (Å²) >= 11 is 0. The zero-order valence-corrected chi connectivity index (χ0v) is 11.2. The van der Waals surface area contributed by atoms with Gasteiger partial charge in [-0.2, -0.15) is 0 Å². The normalized spacial score (nSPS) is 12.2. The zero-order chi connectivity index (χ0) is 12.8. The number of aryl methyl sites for hydroxylation is 3.